The number of aromatic nitrogens is 3. The van der Waals surface area contributed by atoms with E-state index in [9.17, 15) is 24.2 Å². The quantitative estimate of drug-likeness (QED) is 0.122. The number of carbonyl (C=O) groups excluding carboxylic acids is 3. The van der Waals surface area contributed by atoms with Crippen molar-refractivity contribution in [2.45, 2.75) is 76.3 Å². The minimum Gasteiger partial charge on any atom is -0.462 e. The molecule has 1 aromatic carbocycles. The Labute approximate surface area is 294 Å². The molecule has 3 heterocycles. The summed E-state index contributed by atoms with van der Waals surface area (Å²) >= 11 is 0. The number of nitrogens with two attached hydrogens (primary N) is 1. The van der Waals surface area contributed by atoms with E-state index in [1.807, 2.05) is 6.07 Å². The number of methoxy groups -OCH3 is 2. The van der Waals surface area contributed by atoms with Crippen LogP contribution in [0.5, 0.6) is 5.75 Å². The number of nitrogen functional groups attached to an aromatic ring is 1. The lowest BCUT2D eigenvalue weighted by molar-refractivity contribution is -0.197. The lowest BCUT2D eigenvalue weighted by atomic mass is 9.85. The summed E-state index contributed by atoms with van der Waals surface area (Å²) in [5.41, 5.74) is 1.95. The molecule has 1 saturated heterocycles. The number of hydrogen-bond acceptors (Lipinski definition) is 16. The Bertz CT molecular complexity index is 1800. The maximum Gasteiger partial charge on any atom is 0.459 e. The molecule has 1 fully saturated rings. The molecule has 0 amide bonds. The Hall–Kier alpha value is -4.63. The van der Waals surface area contributed by atoms with Crippen molar-refractivity contribution >= 4 is 37.0 Å². The molecule has 3 aromatic rings. The molecule has 3 N–H and O–H groups in total. The van der Waals surface area contributed by atoms with Crippen LogP contribution < -0.4 is 15.3 Å². The highest BCUT2D eigenvalue weighted by atomic mass is 31.2. The van der Waals surface area contributed by atoms with Crippen LogP contribution in [0.3, 0.4) is 0 Å². The molecule has 7 atom stereocenters. The van der Waals surface area contributed by atoms with Gasteiger partial charge in [-0.2, -0.15) is 15.4 Å². The van der Waals surface area contributed by atoms with Crippen LogP contribution in [0.1, 0.15) is 40.3 Å². The zero-order valence-corrected chi connectivity index (χ0v) is 30.0. The summed E-state index contributed by atoms with van der Waals surface area (Å²) in [7, 11) is -2.06. The first-order valence-corrected chi connectivity index (χ1v) is 17.3. The maximum atomic E-state index is 14.4. The van der Waals surface area contributed by atoms with E-state index >= 15 is 0 Å². The molecule has 19 heteroatoms. The number of anilines is 1. The van der Waals surface area contributed by atoms with Gasteiger partial charge < -0.3 is 38.7 Å². The van der Waals surface area contributed by atoms with E-state index in [0.29, 0.717) is 0 Å². The molecule has 0 bridgehead atoms. The second kappa shape index (κ2) is 16.1. The minimum atomic E-state index is -4.60. The SMILES string of the molecule is CO[C@H](C)C(=O)O[C@@H]1[C@@](C#N)(COP(=O)(N[C@@H](C)C(=O)OC(C)C)Oc2ccccc2)OC[C@@]1(OC(=O)[C@@H](C)OC)c1ccc2c(N)ncnn12. The fourth-order valence-electron chi connectivity index (χ4n) is 4.99. The summed E-state index contributed by atoms with van der Waals surface area (Å²) in [6, 6.07) is 11.7. The molecular weight excluding hydrogens is 691 g/mol. The monoisotopic (exact) mass is 732 g/mol. The van der Waals surface area contributed by atoms with Gasteiger partial charge in [-0.05, 0) is 58.9 Å². The van der Waals surface area contributed by atoms with Gasteiger partial charge in [-0.3, -0.25) is 9.32 Å². The number of nitrogens with zero attached hydrogens (tertiary/aromatic N) is 4. The largest absolute Gasteiger partial charge is 0.462 e. The van der Waals surface area contributed by atoms with Gasteiger partial charge in [-0.15, -0.1) is 0 Å². The molecule has 0 spiro atoms. The fraction of sp³-hybridized carbons (Fsp3) is 0.500. The third-order valence-electron chi connectivity index (χ3n) is 7.86. The molecule has 4 rings (SSSR count). The van der Waals surface area contributed by atoms with E-state index in [4.69, 9.17) is 43.2 Å². The lowest BCUT2D eigenvalue weighted by Gasteiger charge is -2.37. The lowest BCUT2D eigenvalue weighted by Crippen LogP contribution is -2.56. The molecule has 0 radical (unpaired) electrons. The van der Waals surface area contributed by atoms with Crippen LogP contribution in [0.25, 0.3) is 5.52 Å². The third kappa shape index (κ3) is 8.47. The molecule has 1 aliphatic rings. The van der Waals surface area contributed by atoms with Crippen molar-refractivity contribution < 1.29 is 56.4 Å². The van der Waals surface area contributed by atoms with Crippen molar-refractivity contribution in [3.8, 4) is 11.8 Å². The van der Waals surface area contributed by atoms with Crippen LogP contribution in [0, 0.1) is 11.3 Å². The number of ether oxygens (including phenoxy) is 6. The number of nitriles is 1. The number of carbonyl (C=O) groups is 3. The highest BCUT2D eigenvalue weighted by Gasteiger charge is 2.67. The standard InChI is InChI=1S/C32H41N6O12P/c1-19(2)47-27(39)20(3)37-51(42,50-23-11-9-8-10-12-23)46-16-31(15-33)30(48-28(40)21(4)43-6)32(17-45-31,49-29(41)22(5)44-7)25-14-13-24-26(34)35-18-36-38(24)25/h8-14,18-22,30H,16-17H2,1-7H3,(H,37,42)(H2,34,35,36)/t20-,21+,22+,30+,31+,32+,51?/m0/s1. The summed E-state index contributed by atoms with van der Waals surface area (Å²) in [4.78, 5) is 43.6. The summed E-state index contributed by atoms with van der Waals surface area (Å²) < 4.78 is 61.0. The van der Waals surface area contributed by atoms with E-state index in [1.54, 1.807) is 32.0 Å². The average molecular weight is 733 g/mol. The Morgan fingerprint density at radius 1 is 1.06 bits per heavy atom. The van der Waals surface area contributed by atoms with Crippen molar-refractivity contribution in [2.24, 2.45) is 0 Å². The molecule has 1 aliphatic heterocycles. The van der Waals surface area contributed by atoms with Gasteiger partial charge in [0.25, 0.3) is 0 Å². The van der Waals surface area contributed by atoms with Gasteiger partial charge in [0.05, 0.1) is 18.4 Å². The van der Waals surface area contributed by atoms with Crippen LogP contribution in [0.2, 0.25) is 0 Å². The molecule has 18 nitrogen and oxygen atoms in total. The third-order valence-corrected chi connectivity index (χ3v) is 9.48. The first-order valence-electron chi connectivity index (χ1n) is 15.7. The van der Waals surface area contributed by atoms with Crippen LogP contribution in [-0.2, 0) is 57.5 Å². The number of hydrogen-bond donors (Lipinski definition) is 2. The average Bonchev–Trinajstić information content (AvgIpc) is 3.68. The Morgan fingerprint density at radius 2 is 1.73 bits per heavy atom. The molecule has 276 valence electrons. The zero-order valence-electron chi connectivity index (χ0n) is 29.1. The van der Waals surface area contributed by atoms with Gasteiger partial charge in [0.1, 0.15) is 36.3 Å². The maximum absolute atomic E-state index is 14.4. The number of nitrogens with one attached hydrogen (secondary N) is 1. The predicted molar refractivity (Wildman–Crippen MR) is 177 cm³/mol. The van der Waals surface area contributed by atoms with E-state index in [-0.39, 0.29) is 22.8 Å². The van der Waals surface area contributed by atoms with Crippen LogP contribution >= 0.6 is 7.75 Å². The van der Waals surface area contributed by atoms with Gasteiger partial charge in [0, 0.05) is 14.2 Å². The number of fused-ring (bicyclic) bond motifs is 1. The first kappa shape index (κ1) is 39.2. The van der Waals surface area contributed by atoms with Crippen LogP contribution in [0.4, 0.5) is 5.82 Å². The van der Waals surface area contributed by atoms with Gasteiger partial charge in [0.2, 0.25) is 11.2 Å². The van der Waals surface area contributed by atoms with Gasteiger partial charge in [-0.25, -0.2) is 23.7 Å². The first-order chi connectivity index (χ1) is 24.1. The van der Waals surface area contributed by atoms with Crippen molar-refractivity contribution in [1.82, 2.24) is 19.7 Å². The van der Waals surface area contributed by atoms with Gasteiger partial charge in [0.15, 0.2) is 24.1 Å². The van der Waals surface area contributed by atoms with Crippen LogP contribution in [-0.4, -0.2) is 96.0 Å². The summed E-state index contributed by atoms with van der Waals surface area (Å²) in [6.45, 7) is 5.94. The normalized spacial score (nSPS) is 23.1. The molecular formula is C32H41N6O12P. The molecule has 1 unspecified atom stereocenters. The zero-order chi connectivity index (χ0) is 37.6. The smallest absolute Gasteiger partial charge is 0.459 e. The number of rotatable bonds is 16. The number of benzene rings is 1. The highest BCUT2D eigenvalue weighted by Crippen LogP contribution is 2.50. The second-order valence-corrected chi connectivity index (χ2v) is 13.5. The Morgan fingerprint density at radius 3 is 2.35 bits per heavy atom. The minimum absolute atomic E-state index is 0.0634. The molecule has 0 saturated carbocycles. The van der Waals surface area contributed by atoms with Gasteiger partial charge in [-0.1, -0.05) is 18.2 Å². The van der Waals surface area contributed by atoms with E-state index in [0.717, 1.165) is 6.33 Å². The topological polar surface area (TPSA) is 234 Å². The molecule has 51 heavy (non-hydrogen) atoms. The van der Waals surface area contributed by atoms with Gasteiger partial charge >= 0.3 is 25.7 Å². The van der Waals surface area contributed by atoms with Crippen molar-refractivity contribution in [1.29, 1.82) is 5.26 Å². The Kier molecular flexibility index (Phi) is 12.4. The van der Waals surface area contributed by atoms with Crippen molar-refractivity contribution in [2.75, 3.05) is 33.2 Å². The second-order valence-electron chi connectivity index (χ2n) is 11.8. The predicted octanol–water partition coefficient (Wildman–Crippen LogP) is 2.46. The summed E-state index contributed by atoms with van der Waals surface area (Å²) in [5.74, 6) is -2.52. The summed E-state index contributed by atoms with van der Waals surface area (Å²) in [6.07, 6.45) is -3.49. The van der Waals surface area contributed by atoms with E-state index in [2.05, 4.69) is 15.2 Å². The van der Waals surface area contributed by atoms with E-state index in [1.165, 1.54) is 63.8 Å². The molecule has 0 aliphatic carbocycles. The summed E-state index contributed by atoms with van der Waals surface area (Å²) in [5, 5.41) is 17.6. The Balaban J connectivity index is 1.85. The van der Waals surface area contributed by atoms with E-state index < -0.39 is 80.5 Å². The van der Waals surface area contributed by atoms with Crippen molar-refractivity contribution in [3.05, 3.63) is 54.5 Å². The fourth-order valence-corrected chi connectivity index (χ4v) is 6.51. The van der Waals surface area contributed by atoms with Crippen molar-refractivity contribution in [3.63, 3.8) is 0 Å². The number of esters is 3. The number of para-hydroxylation sites is 1. The molecule has 2 aromatic heterocycles. The highest BCUT2D eigenvalue weighted by molar-refractivity contribution is 7.52. The van der Waals surface area contributed by atoms with Crippen LogP contribution in [0.15, 0.2) is 48.8 Å².